The SMILES string of the molecule is Cc1noc(=O)c2ccc(NC(=O)C(O)(CC3(c4ccccc4Cl)CCC3)C(F)(F)F)cc12. The molecule has 10 heteroatoms. The van der Waals surface area contributed by atoms with E-state index in [9.17, 15) is 27.9 Å². The van der Waals surface area contributed by atoms with Crippen molar-refractivity contribution in [3.05, 3.63) is 69.2 Å². The number of nitrogens with one attached hydrogen (secondary N) is 1. The monoisotopic (exact) mass is 480 g/mol. The quantitative estimate of drug-likeness (QED) is 0.542. The van der Waals surface area contributed by atoms with E-state index in [1.807, 2.05) is 0 Å². The van der Waals surface area contributed by atoms with Gasteiger partial charge in [-0.05, 0) is 49.6 Å². The smallest absolute Gasteiger partial charge is 0.373 e. The van der Waals surface area contributed by atoms with Gasteiger partial charge in [-0.1, -0.05) is 41.4 Å². The van der Waals surface area contributed by atoms with Crippen LogP contribution in [0.3, 0.4) is 0 Å². The Kier molecular flexibility index (Phi) is 5.74. The van der Waals surface area contributed by atoms with Gasteiger partial charge in [0, 0.05) is 27.9 Å². The highest BCUT2D eigenvalue weighted by Gasteiger charge is 2.63. The van der Waals surface area contributed by atoms with Crippen molar-refractivity contribution in [1.29, 1.82) is 0 Å². The molecule has 1 aliphatic carbocycles. The van der Waals surface area contributed by atoms with Gasteiger partial charge in [0.15, 0.2) is 0 Å². The first-order chi connectivity index (χ1) is 15.5. The Hall–Kier alpha value is -2.91. The molecule has 33 heavy (non-hydrogen) atoms. The fraction of sp³-hybridized carbons (Fsp3) is 0.348. The number of hydrogen-bond acceptors (Lipinski definition) is 5. The van der Waals surface area contributed by atoms with Crippen molar-refractivity contribution in [2.45, 2.75) is 49.8 Å². The molecule has 0 aliphatic heterocycles. The average Bonchev–Trinajstić information content (AvgIpc) is 2.73. The van der Waals surface area contributed by atoms with E-state index in [1.54, 1.807) is 31.2 Å². The molecule has 1 fully saturated rings. The number of rotatable bonds is 5. The molecule has 1 unspecified atom stereocenters. The number of hydrogen-bond donors (Lipinski definition) is 2. The van der Waals surface area contributed by atoms with Gasteiger partial charge in [0.25, 0.3) is 5.91 Å². The lowest BCUT2D eigenvalue weighted by Gasteiger charge is -2.47. The van der Waals surface area contributed by atoms with Crippen molar-refractivity contribution in [3.63, 3.8) is 0 Å². The molecule has 1 atom stereocenters. The van der Waals surface area contributed by atoms with E-state index in [0.29, 0.717) is 40.9 Å². The Bertz CT molecular complexity index is 1290. The highest BCUT2D eigenvalue weighted by Crippen LogP contribution is 2.53. The third kappa shape index (κ3) is 4.00. The maximum atomic E-state index is 14.1. The number of benzene rings is 2. The number of aromatic nitrogens is 1. The van der Waals surface area contributed by atoms with E-state index in [1.165, 1.54) is 18.2 Å². The van der Waals surface area contributed by atoms with Crippen molar-refractivity contribution in [2.24, 2.45) is 0 Å². The zero-order valence-corrected chi connectivity index (χ0v) is 18.3. The van der Waals surface area contributed by atoms with Crippen molar-refractivity contribution in [3.8, 4) is 0 Å². The van der Waals surface area contributed by atoms with Crippen LogP contribution >= 0.6 is 11.6 Å². The molecule has 1 aliphatic rings. The predicted molar refractivity (Wildman–Crippen MR) is 116 cm³/mol. The lowest BCUT2D eigenvalue weighted by atomic mass is 9.59. The normalized spacial score (nSPS) is 17.3. The summed E-state index contributed by atoms with van der Waals surface area (Å²) in [7, 11) is 0. The third-order valence-electron chi connectivity index (χ3n) is 6.35. The van der Waals surface area contributed by atoms with Crippen molar-refractivity contribution in [1.82, 2.24) is 5.16 Å². The van der Waals surface area contributed by atoms with Crippen LogP contribution < -0.4 is 10.9 Å². The van der Waals surface area contributed by atoms with Gasteiger partial charge in [-0.15, -0.1) is 0 Å². The second-order valence-corrected chi connectivity index (χ2v) is 8.83. The molecular formula is C23H20ClF3N2O4. The summed E-state index contributed by atoms with van der Waals surface area (Å²) >= 11 is 6.25. The molecule has 4 rings (SSSR count). The standard InChI is InChI=1S/C23H20ClF3N2O4/c1-13-16-11-14(7-8-15(16)19(30)33-29-13)28-20(31)22(32,23(25,26)27)12-21(9-4-10-21)17-5-2-3-6-18(17)24/h2-3,5-8,11,32H,4,9-10,12H2,1H3,(H,28,31). The molecule has 0 radical (unpaired) electrons. The van der Waals surface area contributed by atoms with Crippen LogP contribution in [0.4, 0.5) is 18.9 Å². The Balaban J connectivity index is 1.70. The summed E-state index contributed by atoms with van der Waals surface area (Å²) in [5, 5.41) is 17.3. The number of alkyl halides is 3. The van der Waals surface area contributed by atoms with Crippen molar-refractivity contribution in [2.75, 3.05) is 5.32 Å². The first kappa shape index (κ1) is 23.3. The molecule has 0 saturated heterocycles. The number of aryl methyl sites for hydroxylation is 1. The first-order valence-corrected chi connectivity index (χ1v) is 10.6. The molecule has 0 bridgehead atoms. The molecule has 1 saturated carbocycles. The Morgan fingerprint density at radius 3 is 2.52 bits per heavy atom. The van der Waals surface area contributed by atoms with Crippen molar-refractivity contribution >= 4 is 34.0 Å². The second kappa shape index (κ2) is 8.14. The molecule has 2 aromatic carbocycles. The van der Waals surface area contributed by atoms with Crippen LogP contribution in [0.1, 0.15) is 36.9 Å². The first-order valence-electron chi connectivity index (χ1n) is 10.2. The van der Waals surface area contributed by atoms with Gasteiger partial charge < -0.3 is 14.9 Å². The summed E-state index contributed by atoms with van der Waals surface area (Å²) in [5.41, 5.74) is -4.68. The zero-order valence-electron chi connectivity index (χ0n) is 17.5. The Morgan fingerprint density at radius 2 is 1.91 bits per heavy atom. The molecule has 174 valence electrons. The molecular weight excluding hydrogens is 461 g/mol. The van der Waals surface area contributed by atoms with E-state index in [4.69, 9.17) is 11.6 Å². The van der Waals surface area contributed by atoms with Crippen LogP contribution in [0.25, 0.3) is 10.8 Å². The summed E-state index contributed by atoms with van der Waals surface area (Å²) < 4.78 is 47.0. The van der Waals surface area contributed by atoms with Crippen LogP contribution in [-0.4, -0.2) is 27.9 Å². The van der Waals surface area contributed by atoms with Crippen LogP contribution in [-0.2, 0) is 10.2 Å². The van der Waals surface area contributed by atoms with Crippen LogP contribution in [0.15, 0.2) is 51.8 Å². The lowest BCUT2D eigenvalue weighted by molar-refractivity contribution is -0.257. The van der Waals surface area contributed by atoms with E-state index >= 15 is 0 Å². The minimum atomic E-state index is -5.24. The highest BCUT2D eigenvalue weighted by molar-refractivity contribution is 6.31. The molecule has 0 spiro atoms. The van der Waals surface area contributed by atoms with E-state index < -0.39 is 35.1 Å². The highest BCUT2D eigenvalue weighted by atomic mass is 35.5. The molecule has 1 heterocycles. The van der Waals surface area contributed by atoms with E-state index in [0.717, 1.165) is 0 Å². The molecule has 2 N–H and O–H groups in total. The summed E-state index contributed by atoms with van der Waals surface area (Å²) in [4.78, 5) is 24.7. The van der Waals surface area contributed by atoms with Gasteiger partial charge in [0.05, 0.1) is 11.1 Å². The maximum Gasteiger partial charge on any atom is 0.426 e. The molecule has 6 nitrogen and oxygen atoms in total. The van der Waals surface area contributed by atoms with E-state index in [-0.39, 0.29) is 11.1 Å². The fourth-order valence-electron chi connectivity index (χ4n) is 4.38. The fourth-order valence-corrected chi connectivity index (χ4v) is 4.71. The zero-order chi connectivity index (χ0) is 24.0. The largest absolute Gasteiger partial charge is 0.426 e. The van der Waals surface area contributed by atoms with E-state index in [2.05, 4.69) is 15.0 Å². The number of carbonyl (C=O) groups excluding carboxylic acids is 1. The van der Waals surface area contributed by atoms with Crippen LogP contribution in [0.2, 0.25) is 5.02 Å². The maximum absolute atomic E-state index is 14.1. The minimum Gasteiger partial charge on any atom is -0.373 e. The molecule has 3 aromatic rings. The van der Waals surface area contributed by atoms with Gasteiger partial charge in [0.1, 0.15) is 0 Å². The minimum absolute atomic E-state index is 0.0222. The lowest BCUT2D eigenvalue weighted by Crippen LogP contribution is -2.59. The number of fused-ring (bicyclic) bond motifs is 1. The summed E-state index contributed by atoms with van der Waals surface area (Å²) in [6, 6.07) is 10.4. The third-order valence-corrected chi connectivity index (χ3v) is 6.68. The summed E-state index contributed by atoms with van der Waals surface area (Å²) in [5.74, 6) is -1.61. The summed E-state index contributed by atoms with van der Waals surface area (Å²) in [6.45, 7) is 1.55. The molecule has 1 amide bonds. The molecule has 1 aromatic heterocycles. The number of aliphatic hydroxyl groups is 1. The Morgan fingerprint density at radius 1 is 1.21 bits per heavy atom. The number of nitrogens with zero attached hydrogens (tertiary/aromatic N) is 1. The number of carbonyl (C=O) groups is 1. The number of anilines is 1. The van der Waals surface area contributed by atoms with Crippen molar-refractivity contribution < 1.29 is 27.6 Å². The predicted octanol–water partition coefficient (Wildman–Crippen LogP) is 4.89. The van der Waals surface area contributed by atoms with Crippen LogP contribution in [0, 0.1) is 6.92 Å². The second-order valence-electron chi connectivity index (χ2n) is 8.42. The van der Waals surface area contributed by atoms with Gasteiger partial charge in [-0.25, -0.2) is 4.79 Å². The number of amides is 1. The average molecular weight is 481 g/mol. The number of halogens is 4. The topological polar surface area (TPSA) is 92.4 Å². The van der Waals surface area contributed by atoms with Gasteiger partial charge >= 0.3 is 11.8 Å². The van der Waals surface area contributed by atoms with Gasteiger partial charge in [-0.3, -0.25) is 4.79 Å². The Labute approximate surface area is 191 Å². The van der Waals surface area contributed by atoms with Crippen LogP contribution in [0.5, 0.6) is 0 Å². The summed E-state index contributed by atoms with van der Waals surface area (Å²) in [6.07, 6.45) is -4.73. The van der Waals surface area contributed by atoms with Gasteiger partial charge in [-0.2, -0.15) is 13.2 Å². The van der Waals surface area contributed by atoms with Gasteiger partial charge in [0.2, 0.25) is 5.60 Å².